The average molecular weight is 395 g/mol. The zero-order valence-corrected chi connectivity index (χ0v) is 15.3. The molecule has 0 aliphatic carbocycles. The Bertz CT molecular complexity index is 734. The SMILES string of the molecule is O=C(/C=C/c1ccc(SC(F)(F)F)cc1)NCCCCNc1ccccn1. The number of aromatic nitrogens is 1. The maximum atomic E-state index is 12.3. The van der Waals surface area contributed by atoms with Crippen LogP contribution in [0.5, 0.6) is 0 Å². The molecule has 0 saturated carbocycles. The van der Waals surface area contributed by atoms with Gasteiger partial charge in [0.25, 0.3) is 0 Å². The predicted octanol–water partition coefficient (Wildman–Crippen LogP) is 4.72. The summed E-state index contributed by atoms with van der Waals surface area (Å²) in [5.74, 6) is 0.588. The summed E-state index contributed by atoms with van der Waals surface area (Å²) in [5.41, 5.74) is -3.64. The molecule has 2 N–H and O–H groups in total. The van der Waals surface area contributed by atoms with Gasteiger partial charge >= 0.3 is 5.51 Å². The molecular formula is C19H20F3N3OS. The van der Waals surface area contributed by atoms with E-state index in [0.29, 0.717) is 12.1 Å². The van der Waals surface area contributed by atoms with E-state index in [0.717, 1.165) is 25.2 Å². The number of carbonyl (C=O) groups is 1. The summed E-state index contributed by atoms with van der Waals surface area (Å²) in [5, 5.41) is 5.96. The molecule has 0 unspecified atom stereocenters. The number of rotatable bonds is 9. The lowest BCUT2D eigenvalue weighted by Crippen LogP contribution is -2.22. The Kier molecular flexibility index (Phi) is 8.19. The third kappa shape index (κ3) is 9.14. The van der Waals surface area contributed by atoms with Crippen molar-refractivity contribution in [2.24, 2.45) is 0 Å². The van der Waals surface area contributed by atoms with Crippen molar-refractivity contribution in [1.29, 1.82) is 0 Å². The Labute approximate surface area is 160 Å². The monoisotopic (exact) mass is 395 g/mol. The minimum absolute atomic E-state index is 0.114. The molecule has 1 aromatic heterocycles. The average Bonchev–Trinajstić information content (AvgIpc) is 2.63. The summed E-state index contributed by atoms with van der Waals surface area (Å²) in [6, 6.07) is 11.5. The first kappa shape index (κ1) is 20.8. The first-order valence-corrected chi connectivity index (χ1v) is 9.21. The van der Waals surface area contributed by atoms with Crippen LogP contribution in [0.2, 0.25) is 0 Å². The molecule has 2 aromatic rings. The third-order valence-electron chi connectivity index (χ3n) is 3.41. The van der Waals surface area contributed by atoms with Gasteiger partial charge in [0, 0.05) is 30.3 Å². The van der Waals surface area contributed by atoms with Crippen molar-refractivity contribution in [3.63, 3.8) is 0 Å². The highest BCUT2D eigenvalue weighted by molar-refractivity contribution is 8.00. The molecule has 4 nitrogen and oxygen atoms in total. The molecule has 1 heterocycles. The van der Waals surface area contributed by atoms with Crippen molar-refractivity contribution in [3.05, 3.63) is 60.3 Å². The van der Waals surface area contributed by atoms with Gasteiger partial charge in [-0.25, -0.2) is 4.98 Å². The standard InChI is InChI=1S/C19H20F3N3OS/c20-19(21,22)27-16-9-6-15(7-10-16)8-11-18(26)25-14-4-3-13-24-17-5-1-2-12-23-17/h1-2,5-12H,3-4,13-14H2,(H,23,24)(H,25,26)/b11-8+. The number of unbranched alkanes of at least 4 members (excludes halogenated alkanes) is 1. The van der Waals surface area contributed by atoms with Gasteiger partial charge in [-0.1, -0.05) is 18.2 Å². The molecule has 0 aliphatic rings. The van der Waals surface area contributed by atoms with Gasteiger partial charge in [0.1, 0.15) is 5.82 Å². The van der Waals surface area contributed by atoms with Crippen LogP contribution in [-0.4, -0.2) is 29.5 Å². The Morgan fingerprint density at radius 1 is 1.07 bits per heavy atom. The third-order valence-corrected chi connectivity index (χ3v) is 4.15. The fourth-order valence-corrected chi connectivity index (χ4v) is 2.70. The molecule has 0 fully saturated rings. The van der Waals surface area contributed by atoms with Crippen molar-refractivity contribution in [2.75, 3.05) is 18.4 Å². The molecule has 1 amide bonds. The number of thioether (sulfide) groups is 1. The fraction of sp³-hybridized carbons (Fsp3) is 0.263. The van der Waals surface area contributed by atoms with Crippen molar-refractivity contribution < 1.29 is 18.0 Å². The zero-order valence-electron chi connectivity index (χ0n) is 14.5. The summed E-state index contributed by atoms with van der Waals surface area (Å²) >= 11 is -0.163. The van der Waals surface area contributed by atoms with Gasteiger partial charge in [0.05, 0.1) is 0 Å². The molecule has 0 saturated heterocycles. The second-order valence-corrected chi connectivity index (χ2v) is 6.73. The van der Waals surface area contributed by atoms with Gasteiger partial charge < -0.3 is 10.6 Å². The lowest BCUT2D eigenvalue weighted by molar-refractivity contribution is -0.116. The van der Waals surface area contributed by atoms with Gasteiger partial charge in [-0.2, -0.15) is 13.2 Å². The smallest absolute Gasteiger partial charge is 0.370 e. The Balaban J connectivity index is 1.62. The second-order valence-electron chi connectivity index (χ2n) is 5.59. The highest BCUT2D eigenvalue weighted by atomic mass is 32.2. The summed E-state index contributed by atoms with van der Waals surface area (Å²) in [6.45, 7) is 1.32. The van der Waals surface area contributed by atoms with Crippen molar-refractivity contribution in [3.8, 4) is 0 Å². The maximum absolute atomic E-state index is 12.3. The number of carbonyl (C=O) groups excluding carboxylic acids is 1. The number of benzene rings is 1. The number of amides is 1. The molecule has 0 aliphatic heterocycles. The normalized spacial score (nSPS) is 11.5. The van der Waals surface area contributed by atoms with Crippen LogP contribution < -0.4 is 10.6 Å². The van der Waals surface area contributed by atoms with Crippen molar-refractivity contribution >= 4 is 29.6 Å². The molecule has 8 heteroatoms. The van der Waals surface area contributed by atoms with Gasteiger partial charge in [0.2, 0.25) is 5.91 Å². The lowest BCUT2D eigenvalue weighted by atomic mass is 10.2. The minimum Gasteiger partial charge on any atom is -0.370 e. The molecule has 0 bridgehead atoms. The van der Waals surface area contributed by atoms with Crippen LogP contribution >= 0.6 is 11.8 Å². The summed E-state index contributed by atoms with van der Waals surface area (Å²) in [7, 11) is 0. The van der Waals surface area contributed by atoms with Crippen molar-refractivity contribution in [2.45, 2.75) is 23.2 Å². The van der Waals surface area contributed by atoms with E-state index in [1.807, 2.05) is 18.2 Å². The number of halogens is 3. The molecule has 2 rings (SSSR count). The minimum atomic E-state index is -4.30. The van der Waals surface area contributed by atoms with Crippen LogP contribution in [0.15, 0.2) is 59.6 Å². The summed E-state index contributed by atoms with van der Waals surface area (Å²) in [6.07, 6.45) is 6.37. The first-order chi connectivity index (χ1) is 12.9. The second kappa shape index (κ2) is 10.6. The summed E-state index contributed by atoms with van der Waals surface area (Å²) < 4.78 is 36.8. The number of anilines is 1. The molecule has 0 spiro atoms. The highest BCUT2D eigenvalue weighted by Crippen LogP contribution is 2.36. The first-order valence-electron chi connectivity index (χ1n) is 8.39. The van der Waals surface area contributed by atoms with Crippen LogP contribution in [0.1, 0.15) is 18.4 Å². The molecule has 144 valence electrons. The lowest BCUT2D eigenvalue weighted by Gasteiger charge is -2.06. The van der Waals surface area contributed by atoms with Crippen LogP contribution in [0.25, 0.3) is 6.08 Å². The quantitative estimate of drug-likeness (QED) is 0.367. The van der Waals surface area contributed by atoms with E-state index in [1.54, 1.807) is 24.4 Å². The number of nitrogens with one attached hydrogen (secondary N) is 2. The van der Waals surface area contributed by atoms with Crippen LogP contribution in [0.3, 0.4) is 0 Å². The fourth-order valence-electron chi connectivity index (χ4n) is 2.16. The molecular weight excluding hydrogens is 375 g/mol. The summed E-state index contributed by atoms with van der Waals surface area (Å²) in [4.78, 5) is 16.0. The molecule has 1 aromatic carbocycles. The number of hydrogen-bond acceptors (Lipinski definition) is 4. The Hall–Kier alpha value is -2.48. The van der Waals surface area contributed by atoms with Gasteiger partial charge in [-0.3, -0.25) is 4.79 Å². The van der Waals surface area contributed by atoms with E-state index in [4.69, 9.17) is 0 Å². The van der Waals surface area contributed by atoms with Gasteiger partial charge in [0.15, 0.2) is 0 Å². The van der Waals surface area contributed by atoms with Crippen LogP contribution in [0.4, 0.5) is 19.0 Å². The van der Waals surface area contributed by atoms with E-state index < -0.39 is 5.51 Å². The van der Waals surface area contributed by atoms with Crippen LogP contribution in [0, 0.1) is 0 Å². The van der Waals surface area contributed by atoms with Gasteiger partial charge in [-0.15, -0.1) is 0 Å². The molecule has 0 radical (unpaired) electrons. The largest absolute Gasteiger partial charge is 0.446 e. The van der Waals surface area contributed by atoms with Gasteiger partial charge in [-0.05, 0) is 60.5 Å². The Morgan fingerprint density at radius 3 is 2.48 bits per heavy atom. The maximum Gasteiger partial charge on any atom is 0.446 e. The van der Waals surface area contributed by atoms with E-state index >= 15 is 0 Å². The predicted molar refractivity (Wildman–Crippen MR) is 102 cm³/mol. The number of pyridine rings is 1. The van der Waals surface area contributed by atoms with E-state index in [-0.39, 0.29) is 22.6 Å². The van der Waals surface area contributed by atoms with Crippen LogP contribution in [-0.2, 0) is 4.79 Å². The number of nitrogens with zero attached hydrogens (tertiary/aromatic N) is 1. The van der Waals surface area contributed by atoms with E-state index in [2.05, 4.69) is 15.6 Å². The molecule has 0 atom stereocenters. The highest BCUT2D eigenvalue weighted by Gasteiger charge is 2.28. The number of hydrogen-bond donors (Lipinski definition) is 2. The van der Waals surface area contributed by atoms with Crippen molar-refractivity contribution in [1.82, 2.24) is 10.3 Å². The Morgan fingerprint density at radius 2 is 1.81 bits per heavy atom. The van der Waals surface area contributed by atoms with E-state index in [9.17, 15) is 18.0 Å². The zero-order chi connectivity index (χ0) is 19.5. The number of alkyl halides is 3. The van der Waals surface area contributed by atoms with E-state index in [1.165, 1.54) is 18.2 Å². The topological polar surface area (TPSA) is 54.0 Å². The molecule has 27 heavy (non-hydrogen) atoms.